The maximum atomic E-state index is 10.9. The minimum Gasteiger partial charge on any atom is -0.491 e. The van der Waals surface area contributed by atoms with Crippen molar-refractivity contribution in [3.05, 3.63) is 144 Å². The van der Waals surface area contributed by atoms with Crippen LogP contribution in [0.15, 0.2) is 130 Å². The average molecular weight is 883 g/mol. The lowest BCUT2D eigenvalue weighted by Gasteiger charge is -2.34. The van der Waals surface area contributed by atoms with Gasteiger partial charge in [-0.3, -0.25) is 0 Å². The zero-order chi connectivity index (χ0) is 43.5. The number of fused-ring (bicyclic) bond motifs is 5. The monoisotopic (exact) mass is 882 g/mol. The molecule has 6 aromatic carbocycles. The molecule has 2 atom stereocenters. The summed E-state index contributed by atoms with van der Waals surface area (Å²) in [6.45, 7) is 13.8. The third kappa shape index (κ3) is 9.02. The number of nitrogens with zero attached hydrogens (tertiary/aromatic N) is 2. The number of ether oxygens (including phenoxy) is 2. The van der Waals surface area contributed by atoms with Gasteiger partial charge in [-0.1, -0.05) is 174 Å². The van der Waals surface area contributed by atoms with E-state index in [9.17, 15) is 10.2 Å². The van der Waals surface area contributed by atoms with Crippen molar-refractivity contribution in [1.82, 2.24) is 10.2 Å². The minimum atomic E-state index is -0.654. The van der Waals surface area contributed by atoms with E-state index in [0.29, 0.717) is 5.75 Å². The largest absolute Gasteiger partial charge is 0.491 e. The van der Waals surface area contributed by atoms with Crippen LogP contribution in [0.25, 0.3) is 32.7 Å². The lowest BCUT2D eigenvalue weighted by atomic mass is 9.67. The molecule has 0 radical (unpaired) electrons. The van der Waals surface area contributed by atoms with Crippen molar-refractivity contribution < 1.29 is 19.7 Å². The van der Waals surface area contributed by atoms with Crippen LogP contribution in [0.5, 0.6) is 11.5 Å². The van der Waals surface area contributed by atoms with Gasteiger partial charge in [-0.25, -0.2) is 0 Å². The molecule has 6 nitrogen and oxygen atoms in total. The predicted molar refractivity (Wildman–Crippen MR) is 261 cm³/mol. The zero-order valence-corrected chi connectivity index (χ0v) is 39.1. The fourth-order valence-corrected chi connectivity index (χ4v) is 12.3. The molecule has 9 heteroatoms. The van der Waals surface area contributed by atoms with E-state index in [2.05, 4.69) is 161 Å². The lowest BCUT2D eigenvalue weighted by molar-refractivity contribution is 0.0578. The van der Waals surface area contributed by atoms with E-state index in [0.717, 1.165) is 73.8 Å². The van der Waals surface area contributed by atoms with E-state index < -0.39 is 17.6 Å². The number of benzene rings is 6. The van der Waals surface area contributed by atoms with Gasteiger partial charge in [0, 0.05) is 10.5 Å². The average Bonchev–Trinajstić information content (AvgIpc) is 3.88. The van der Waals surface area contributed by atoms with E-state index in [1.54, 1.807) is 23.1 Å². The summed E-state index contributed by atoms with van der Waals surface area (Å²) in [6.07, 6.45) is 3.76. The van der Waals surface area contributed by atoms with E-state index in [-0.39, 0.29) is 23.4 Å². The summed E-state index contributed by atoms with van der Waals surface area (Å²) < 4.78 is 14.3. The van der Waals surface area contributed by atoms with E-state index >= 15 is 0 Å². The maximum absolute atomic E-state index is 10.9. The van der Waals surface area contributed by atoms with E-state index in [1.165, 1.54) is 45.1 Å². The Balaban J connectivity index is 1.04. The number of aromatic nitrogens is 2. The van der Waals surface area contributed by atoms with Gasteiger partial charge in [-0.15, -0.1) is 10.2 Å². The third-order valence-electron chi connectivity index (χ3n) is 13.4. The van der Waals surface area contributed by atoms with Crippen LogP contribution in [-0.2, 0) is 5.41 Å². The molecule has 1 aliphatic carbocycles. The smallest absolute Gasteiger partial charge is 0.175 e. The first kappa shape index (κ1) is 44.2. The first-order valence-corrected chi connectivity index (χ1v) is 24.7. The van der Waals surface area contributed by atoms with Gasteiger partial charge in [0.2, 0.25) is 0 Å². The molecule has 1 aliphatic rings. The molecule has 0 fully saturated rings. The highest BCUT2D eigenvalue weighted by Gasteiger charge is 2.46. The highest BCUT2D eigenvalue weighted by molar-refractivity contribution is 8.04. The molecule has 322 valence electrons. The van der Waals surface area contributed by atoms with Gasteiger partial charge in [-0.05, 0) is 116 Å². The molecule has 0 aliphatic heterocycles. The molecule has 0 amide bonds. The van der Waals surface area contributed by atoms with Crippen LogP contribution in [0, 0.1) is 5.41 Å². The quantitative estimate of drug-likeness (QED) is 0.0777. The SMILES string of the molecule is CCC(C)(CC)CC(O)COc1ccc2cc(C3(c4ccc5cc(OCC(O)CSc6nnc(SC(C)(CC)CC)s6)ccc5c4)c4ccccc4-c4ccccc43)ccc2c1. The number of thioether (sulfide) groups is 2. The van der Waals surface area contributed by atoms with Crippen molar-refractivity contribution in [2.45, 2.75) is 105 Å². The predicted octanol–water partition coefficient (Wildman–Crippen LogP) is 13.4. The molecule has 0 saturated carbocycles. The van der Waals surface area contributed by atoms with Gasteiger partial charge < -0.3 is 19.7 Å². The maximum Gasteiger partial charge on any atom is 0.175 e. The highest BCUT2D eigenvalue weighted by atomic mass is 32.2. The number of rotatable bonds is 19. The second-order valence-electron chi connectivity index (χ2n) is 17.3. The summed E-state index contributed by atoms with van der Waals surface area (Å²) >= 11 is 4.91. The molecule has 1 aromatic heterocycles. The van der Waals surface area contributed by atoms with Crippen LogP contribution in [0.1, 0.15) is 95.9 Å². The van der Waals surface area contributed by atoms with Crippen LogP contribution >= 0.6 is 34.9 Å². The van der Waals surface area contributed by atoms with Crippen LogP contribution in [0.2, 0.25) is 0 Å². The van der Waals surface area contributed by atoms with Crippen molar-refractivity contribution in [1.29, 1.82) is 0 Å². The first-order chi connectivity index (χ1) is 30.0. The molecule has 8 rings (SSSR count). The normalized spacial score (nSPS) is 14.5. The summed E-state index contributed by atoms with van der Waals surface area (Å²) in [5.41, 5.74) is 6.94. The Morgan fingerprint density at radius 2 is 1.08 bits per heavy atom. The number of aliphatic hydroxyl groups is 2. The molecule has 62 heavy (non-hydrogen) atoms. The number of hydrogen-bond donors (Lipinski definition) is 2. The molecule has 2 unspecified atom stereocenters. The van der Waals surface area contributed by atoms with E-state index in [4.69, 9.17) is 9.47 Å². The second-order valence-corrected chi connectivity index (χ2v) is 21.4. The Morgan fingerprint density at radius 1 is 0.597 bits per heavy atom. The Kier molecular flexibility index (Phi) is 13.4. The van der Waals surface area contributed by atoms with Crippen LogP contribution in [-0.4, -0.2) is 56.3 Å². The molecule has 0 saturated heterocycles. The summed E-state index contributed by atoms with van der Waals surface area (Å²) in [4.78, 5) is 0. The molecule has 1 heterocycles. The fourth-order valence-electron chi connectivity index (χ4n) is 8.79. The van der Waals surface area contributed by atoms with Gasteiger partial charge in [0.25, 0.3) is 0 Å². The standard InChI is InChI=1S/C53H58N2O4S3/c1-7-51(5,8-2)31-41(56)32-58-43-25-21-35-27-39(23-19-37(35)29-43)53(47-17-13-11-15-45(47)46-16-12-14-18-48(46)53)40-24-20-38-30-44(26-22-36(38)28-40)59-33-42(57)34-60-49-54-55-50(61-49)62-52(6,9-3)10-4/h11-30,41-42,56-57H,7-10,31-34H2,1-6H3. The lowest BCUT2D eigenvalue weighted by Crippen LogP contribution is -2.28. The van der Waals surface area contributed by atoms with Gasteiger partial charge in [0.1, 0.15) is 24.7 Å². The second kappa shape index (κ2) is 18.8. The first-order valence-electron chi connectivity index (χ1n) is 22.0. The van der Waals surface area contributed by atoms with Crippen molar-refractivity contribution in [3.63, 3.8) is 0 Å². The highest BCUT2D eigenvalue weighted by Crippen LogP contribution is 2.56. The zero-order valence-electron chi connectivity index (χ0n) is 36.7. The van der Waals surface area contributed by atoms with Crippen LogP contribution in [0.4, 0.5) is 0 Å². The molecule has 0 spiro atoms. The third-order valence-corrected chi connectivity index (χ3v) is 17.2. The molecule has 0 bridgehead atoms. The number of hydrogen-bond acceptors (Lipinski definition) is 9. The van der Waals surface area contributed by atoms with Gasteiger partial charge >= 0.3 is 0 Å². The summed E-state index contributed by atoms with van der Waals surface area (Å²) in [5.74, 6) is 1.97. The number of aliphatic hydroxyl groups excluding tert-OH is 2. The van der Waals surface area contributed by atoms with Crippen molar-refractivity contribution in [2.75, 3.05) is 19.0 Å². The van der Waals surface area contributed by atoms with Crippen molar-refractivity contribution in [2.24, 2.45) is 5.41 Å². The Hall–Kier alpha value is -4.38. The van der Waals surface area contributed by atoms with Gasteiger partial charge in [-0.2, -0.15) is 0 Å². The minimum absolute atomic E-state index is 0.111. The molecular formula is C53H58N2O4S3. The van der Waals surface area contributed by atoms with Gasteiger partial charge in [0.15, 0.2) is 8.68 Å². The van der Waals surface area contributed by atoms with Crippen molar-refractivity contribution >= 4 is 56.4 Å². The van der Waals surface area contributed by atoms with Gasteiger partial charge in [0.05, 0.1) is 17.6 Å². The summed E-state index contributed by atoms with van der Waals surface area (Å²) in [7, 11) is 0. The molecular weight excluding hydrogens is 825 g/mol. The van der Waals surface area contributed by atoms with Crippen molar-refractivity contribution in [3.8, 4) is 22.6 Å². The fraction of sp³-hybridized carbons (Fsp3) is 0.358. The Bertz CT molecular complexity index is 2610. The van der Waals surface area contributed by atoms with E-state index in [1.807, 2.05) is 12.1 Å². The Morgan fingerprint density at radius 3 is 1.61 bits per heavy atom. The summed E-state index contributed by atoms with van der Waals surface area (Å²) in [5, 5.41) is 34.9. The van der Waals surface area contributed by atoms with Crippen LogP contribution in [0.3, 0.4) is 0 Å². The molecule has 7 aromatic rings. The topological polar surface area (TPSA) is 84.7 Å². The van der Waals surface area contributed by atoms with Crippen LogP contribution < -0.4 is 9.47 Å². The summed E-state index contributed by atoms with van der Waals surface area (Å²) in [6, 6.07) is 43.7. The Labute approximate surface area is 379 Å². The molecule has 2 N–H and O–H groups in total.